The molecular formula is C15H28N2O2. The number of nitrogens with two attached hydrogens (primary N) is 1. The van der Waals surface area contributed by atoms with E-state index in [0.29, 0.717) is 6.54 Å². The van der Waals surface area contributed by atoms with Crippen molar-refractivity contribution in [3.05, 3.63) is 0 Å². The molecule has 0 aromatic carbocycles. The Labute approximate surface area is 116 Å². The quantitative estimate of drug-likeness (QED) is 0.820. The second-order valence-electron chi connectivity index (χ2n) is 6.54. The van der Waals surface area contributed by atoms with Gasteiger partial charge in [0, 0.05) is 19.2 Å². The fourth-order valence-corrected chi connectivity index (χ4v) is 3.31. The van der Waals surface area contributed by atoms with E-state index in [4.69, 9.17) is 10.5 Å². The molecule has 0 aromatic heterocycles. The number of carbonyl (C=O) groups excluding carboxylic acids is 1. The predicted molar refractivity (Wildman–Crippen MR) is 75.7 cm³/mol. The minimum Gasteiger partial charge on any atom is -0.378 e. The molecule has 0 aromatic rings. The predicted octanol–water partition coefficient (Wildman–Crippen LogP) is 1.83. The molecule has 1 amide bonds. The molecule has 3 N–H and O–H groups in total. The molecular weight excluding hydrogens is 240 g/mol. The molecule has 2 unspecified atom stereocenters. The van der Waals surface area contributed by atoms with Crippen molar-refractivity contribution in [3.63, 3.8) is 0 Å². The molecule has 1 saturated heterocycles. The Kier molecular flexibility index (Phi) is 4.85. The average molecular weight is 268 g/mol. The number of ether oxygens (including phenoxy) is 1. The summed E-state index contributed by atoms with van der Waals surface area (Å²) in [6.07, 6.45) is 6.21. The van der Waals surface area contributed by atoms with Gasteiger partial charge < -0.3 is 15.8 Å². The summed E-state index contributed by atoms with van der Waals surface area (Å²) in [5.41, 5.74) is 5.62. The molecule has 0 bridgehead atoms. The molecule has 2 fully saturated rings. The maximum absolute atomic E-state index is 12.6. The lowest BCUT2D eigenvalue weighted by Gasteiger charge is -2.39. The third kappa shape index (κ3) is 3.48. The van der Waals surface area contributed by atoms with E-state index in [1.54, 1.807) is 0 Å². The Morgan fingerprint density at radius 3 is 2.58 bits per heavy atom. The van der Waals surface area contributed by atoms with Gasteiger partial charge in [-0.15, -0.1) is 0 Å². The van der Waals surface area contributed by atoms with E-state index in [-0.39, 0.29) is 23.5 Å². The third-order valence-corrected chi connectivity index (χ3v) is 4.92. The van der Waals surface area contributed by atoms with Gasteiger partial charge in [-0.05, 0) is 51.4 Å². The van der Waals surface area contributed by atoms with Crippen LogP contribution in [0, 0.1) is 11.3 Å². The number of amides is 1. The molecule has 0 radical (unpaired) electrons. The van der Waals surface area contributed by atoms with Gasteiger partial charge >= 0.3 is 0 Å². The van der Waals surface area contributed by atoms with E-state index in [0.717, 1.165) is 51.0 Å². The zero-order valence-electron chi connectivity index (χ0n) is 12.3. The summed E-state index contributed by atoms with van der Waals surface area (Å²) in [5, 5.41) is 3.23. The Balaban J connectivity index is 1.93. The molecule has 19 heavy (non-hydrogen) atoms. The lowest BCUT2D eigenvalue weighted by Crippen LogP contribution is -2.52. The van der Waals surface area contributed by atoms with Crippen molar-refractivity contribution in [3.8, 4) is 0 Å². The molecule has 110 valence electrons. The van der Waals surface area contributed by atoms with Gasteiger partial charge in [-0.25, -0.2) is 0 Å². The van der Waals surface area contributed by atoms with Gasteiger partial charge in [-0.3, -0.25) is 4.79 Å². The van der Waals surface area contributed by atoms with Gasteiger partial charge in [0.05, 0.1) is 11.5 Å². The first-order valence-electron chi connectivity index (χ1n) is 7.68. The first-order chi connectivity index (χ1) is 9.05. The van der Waals surface area contributed by atoms with Crippen molar-refractivity contribution < 1.29 is 9.53 Å². The molecule has 0 spiro atoms. The average Bonchev–Trinajstić information content (AvgIpc) is 2.40. The van der Waals surface area contributed by atoms with Gasteiger partial charge in [0.2, 0.25) is 5.91 Å². The van der Waals surface area contributed by atoms with Crippen LogP contribution in [-0.4, -0.2) is 31.2 Å². The van der Waals surface area contributed by atoms with Gasteiger partial charge in [-0.1, -0.05) is 6.92 Å². The summed E-state index contributed by atoms with van der Waals surface area (Å²) < 4.78 is 5.52. The first kappa shape index (κ1) is 14.8. The van der Waals surface area contributed by atoms with Crippen molar-refractivity contribution >= 4 is 5.91 Å². The summed E-state index contributed by atoms with van der Waals surface area (Å²) in [4.78, 5) is 12.6. The van der Waals surface area contributed by atoms with E-state index >= 15 is 0 Å². The largest absolute Gasteiger partial charge is 0.378 e. The minimum atomic E-state index is -0.311. The monoisotopic (exact) mass is 268 g/mol. The van der Waals surface area contributed by atoms with E-state index in [1.807, 2.05) is 0 Å². The van der Waals surface area contributed by atoms with Crippen LogP contribution in [0.4, 0.5) is 0 Å². The van der Waals surface area contributed by atoms with Crippen LogP contribution in [0.2, 0.25) is 0 Å². The van der Waals surface area contributed by atoms with E-state index in [9.17, 15) is 4.79 Å². The number of carbonyl (C=O) groups is 1. The van der Waals surface area contributed by atoms with E-state index in [1.165, 1.54) is 0 Å². The Morgan fingerprint density at radius 1 is 1.32 bits per heavy atom. The molecule has 4 heteroatoms. The van der Waals surface area contributed by atoms with Crippen LogP contribution < -0.4 is 11.1 Å². The van der Waals surface area contributed by atoms with Crippen molar-refractivity contribution in [1.82, 2.24) is 5.32 Å². The second-order valence-corrected chi connectivity index (χ2v) is 6.54. The molecule has 2 rings (SSSR count). The standard InChI is InChI=1S/C15H28N2O2/c1-11-3-6-15(10-16,7-4-11)14(18)17-13-5-8-19-12(2)9-13/h11-13H,3-10,16H2,1-2H3,(H,17,18). The number of rotatable bonds is 3. The lowest BCUT2D eigenvalue weighted by atomic mass is 9.70. The fraction of sp³-hybridized carbons (Fsp3) is 0.933. The minimum absolute atomic E-state index is 0.181. The molecule has 4 nitrogen and oxygen atoms in total. The van der Waals surface area contributed by atoms with Crippen LogP contribution >= 0.6 is 0 Å². The molecule has 1 aliphatic heterocycles. The SMILES string of the molecule is CC1CCC(CN)(C(=O)NC2CCOC(C)C2)CC1. The zero-order chi connectivity index (χ0) is 13.9. The third-order valence-electron chi connectivity index (χ3n) is 4.92. The normalized spacial score (nSPS) is 39.8. The Bertz CT molecular complexity index is 311. The highest BCUT2D eigenvalue weighted by Crippen LogP contribution is 2.38. The Hall–Kier alpha value is -0.610. The highest BCUT2D eigenvalue weighted by atomic mass is 16.5. The van der Waals surface area contributed by atoms with Crippen LogP contribution in [0.25, 0.3) is 0 Å². The Morgan fingerprint density at radius 2 is 2.00 bits per heavy atom. The maximum atomic E-state index is 12.6. The molecule has 1 aliphatic carbocycles. The smallest absolute Gasteiger partial charge is 0.227 e. The number of hydrogen-bond donors (Lipinski definition) is 2. The van der Waals surface area contributed by atoms with Gasteiger partial charge in [0.15, 0.2) is 0 Å². The topological polar surface area (TPSA) is 64.4 Å². The van der Waals surface area contributed by atoms with Crippen molar-refractivity contribution in [2.75, 3.05) is 13.2 Å². The van der Waals surface area contributed by atoms with E-state index in [2.05, 4.69) is 19.2 Å². The van der Waals surface area contributed by atoms with Crippen LogP contribution in [0.15, 0.2) is 0 Å². The van der Waals surface area contributed by atoms with E-state index < -0.39 is 0 Å². The zero-order valence-corrected chi connectivity index (χ0v) is 12.3. The van der Waals surface area contributed by atoms with Gasteiger partial charge in [0.1, 0.15) is 0 Å². The summed E-state index contributed by atoms with van der Waals surface area (Å²) >= 11 is 0. The highest BCUT2D eigenvalue weighted by molar-refractivity contribution is 5.83. The molecule has 1 heterocycles. The lowest BCUT2D eigenvalue weighted by molar-refractivity contribution is -0.134. The highest BCUT2D eigenvalue weighted by Gasteiger charge is 2.40. The summed E-state index contributed by atoms with van der Waals surface area (Å²) in [7, 11) is 0. The maximum Gasteiger partial charge on any atom is 0.227 e. The van der Waals surface area contributed by atoms with Crippen molar-refractivity contribution in [2.45, 2.75) is 64.5 Å². The fourth-order valence-electron chi connectivity index (χ4n) is 3.31. The summed E-state index contributed by atoms with van der Waals surface area (Å²) in [5.74, 6) is 0.913. The van der Waals surface area contributed by atoms with Crippen LogP contribution in [0.1, 0.15) is 52.4 Å². The molecule has 2 aliphatic rings. The van der Waals surface area contributed by atoms with Crippen molar-refractivity contribution in [2.24, 2.45) is 17.1 Å². The molecule has 1 saturated carbocycles. The molecule has 2 atom stereocenters. The van der Waals surface area contributed by atoms with Crippen molar-refractivity contribution in [1.29, 1.82) is 0 Å². The van der Waals surface area contributed by atoms with Crippen LogP contribution in [0.5, 0.6) is 0 Å². The summed E-state index contributed by atoms with van der Waals surface area (Å²) in [6.45, 7) is 5.56. The summed E-state index contributed by atoms with van der Waals surface area (Å²) in [6, 6.07) is 0.263. The first-order valence-corrected chi connectivity index (χ1v) is 7.68. The second kappa shape index (κ2) is 6.23. The van der Waals surface area contributed by atoms with Crippen LogP contribution in [-0.2, 0) is 9.53 Å². The van der Waals surface area contributed by atoms with Gasteiger partial charge in [-0.2, -0.15) is 0 Å². The number of nitrogens with one attached hydrogen (secondary N) is 1. The van der Waals surface area contributed by atoms with Crippen LogP contribution in [0.3, 0.4) is 0 Å². The van der Waals surface area contributed by atoms with Gasteiger partial charge in [0.25, 0.3) is 0 Å². The number of hydrogen-bond acceptors (Lipinski definition) is 3.